The molecule has 2 N–H and O–H groups in total. The summed E-state index contributed by atoms with van der Waals surface area (Å²) < 4.78 is 2.96. The fourth-order valence-electron chi connectivity index (χ4n) is 2.64. The molecule has 0 bridgehead atoms. The molecule has 0 radical (unpaired) electrons. The molecule has 3 heterocycles. The number of hydrogen-bond donors (Lipinski definition) is 2. The van der Waals surface area contributed by atoms with Gasteiger partial charge in [-0.25, -0.2) is 14.2 Å². The number of hydrogen-bond acceptors (Lipinski definition) is 8. The average Bonchev–Trinajstić information content (AvgIpc) is 3.16. The van der Waals surface area contributed by atoms with E-state index in [-0.39, 0.29) is 11.9 Å². The van der Waals surface area contributed by atoms with Crippen LogP contribution < -0.4 is 5.32 Å². The third-order valence-electron chi connectivity index (χ3n) is 3.81. The topological polar surface area (TPSA) is 137 Å². The van der Waals surface area contributed by atoms with E-state index < -0.39 is 12.0 Å². The molecule has 1 saturated heterocycles. The molecule has 11 heteroatoms. The number of tetrazole rings is 2. The summed E-state index contributed by atoms with van der Waals surface area (Å²) >= 11 is 0. The summed E-state index contributed by atoms with van der Waals surface area (Å²) in [6.07, 6.45) is 2.16. The Balaban J connectivity index is 1.97. The van der Waals surface area contributed by atoms with Crippen LogP contribution in [0.3, 0.4) is 0 Å². The maximum absolute atomic E-state index is 11.4. The lowest BCUT2D eigenvalue weighted by Gasteiger charge is -2.23. The van der Waals surface area contributed by atoms with Crippen LogP contribution in [0.2, 0.25) is 0 Å². The van der Waals surface area contributed by atoms with Crippen molar-refractivity contribution in [3.8, 4) is 11.6 Å². The predicted molar refractivity (Wildman–Crippen MR) is 72.7 cm³/mol. The van der Waals surface area contributed by atoms with Crippen LogP contribution >= 0.6 is 0 Å². The molecule has 1 aliphatic rings. The second-order valence-electron chi connectivity index (χ2n) is 5.14. The number of carbonyl (C=O) groups is 1. The lowest BCUT2D eigenvalue weighted by atomic mass is 10.1. The standard InChI is InChI=1S/C11H17N9O2/c1-2-8(11(21)22)20-10(14-16-18-20)9-13-15-17-19(9)7-3-5-12-6-4-7/h7-8,12H,2-6H2,1H3,(H,21,22). The van der Waals surface area contributed by atoms with E-state index in [9.17, 15) is 9.90 Å². The fourth-order valence-corrected chi connectivity index (χ4v) is 2.64. The van der Waals surface area contributed by atoms with Crippen LogP contribution in [0.4, 0.5) is 0 Å². The van der Waals surface area contributed by atoms with Gasteiger partial charge in [0.15, 0.2) is 6.04 Å². The summed E-state index contributed by atoms with van der Waals surface area (Å²) in [5.41, 5.74) is 0. The average molecular weight is 307 g/mol. The van der Waals surface area contributed by atoms with E-state index in [1.807, 2.05) is 0 Å². The van der Waals surface area contributed by atoms with Crippen LogP contribution in [0.5, 0.6) is 0 Å². The van der Waals surface area contributed by atoms with Crippen LogP contribution in [-0.4, -0.2) is 64.6 Å². The van der Waals surface area contributed by atoms with Crippen molar-refractivity contribution in [2.24, 2.45) is 0 Å². The Morgan fingerprint density at radius 1 is 1.27 bits per heavy atom. The van der Waals surface area contributed by atoms with Gasteiger partial charge in [-0.2, -0.15) is 0 Å². The highest BCUT2D eigenvalue weighted by Gasteiger charge is 2.28. The third-order valence-corrected chi connectivity index (χ3v) is 3.81. The zero-order chi connectivity index (χ0) is 15.5. The number of nitrogens with one attached hydrogen (secondary N) is 1. The molecule has 0 aliphatic carbocycles. The van der Waals surface area contributed by atoms with Crippen molar-refractivity contribution in [2.75, 3.05) is 13.1 Å². The smallest absolute Gasteiger partial charge is 0.328 e. The Labute approximate surface area is 125 Å². The van der Waals surface area contributed by atoms with Gasteiger partial charge in [-0.15, -0.1) is 10.2 Å². The van der Waals surface area contributed by atoms with Crippen LogP contribution in [0.1, 0.15) is 38.3 Å². The first-order chi connectivity index (χ1) is 10.7. The van der Waals surface area contributed by atoms with Gasteiger partial charge >= 0.3 is 5.97 Å². The Morgan fingerprint density at radius 3 is 2.64 bits per heavy atom. The first-order valence-electron chi connectivity index (χ1n) is 7.22. The number of aliphatic carboxylic acids is 1. The zero-order valence-electron chi connectivity index (χ0n) is 12.1. The fraction of sp³-hybridized carbons (Fsp3) is 0.727. The van der Waals surface area contributed by atoms with Crippen molar-refractivity contribution in [1.29, 1.82) is 0 Å². The van der Waals surface area contributed by atoms with Crippen molar-refractivity contribution in [3.05, 3.63) is 0 Å². The highest BCUT2D eigenvalue weighted by atomic mass is 16.4. The quantitative estimate of drug-likeness (QED) is 0.733. The molecule has 0 spiro atoms. The third kappa shape index (κ3) is 2.54. The van der Waals surface area contributed by atoms with Gasteiger partial charge < -0.3 is 10.4 Å². The largest absolute Gasteiger partial charge is 0.480 e. The summed E-state index contributed by atoms with van der Waals surface area (Å²) in [4.78, 5) is 11.4. The zero-order valence-corrected chi connectivity index (χ0v) is 12.1. The lowest BCUT2D eigenvalue weighted by Crippen LogP contribution is -2.30. The van der Waals surface area contributed by atoms with Crippen molar-refractivity contribution in [3.63, 3.8) is 0 Å². The Morgan fingerprint density at radius 2 is 1.95 bits per heavy atom. The van der Waals surface area contributed by atoms with Gasteiger partial charge in [0.1, 0.15) is 0 Å². The van der Waals surface area contributed by atoms with Gasteiger partial charge in [-0.3, -0.25) is 0 Å². The molecule has 22 heavy (non-hydrogen) atoms. The number of aromatic nitrogens is 8. The lowest BCUT2D eigenvalue weighted by molar-refractivity contribution is -0.141. The number of carboxylic acids is 1. The number of rotatable bonds is 5. The summed E-state index contributed by atoms with van der Waals surface area (Å²) in [5, 5.41) is 35.6. The minimum absolute atomic E-state index is 0.154. The van der Waals surface area contributed by atoms with E-state index in [2.05, 4.69) is 36.4 Å². The minimum atomic E-state index is -0.989. The van der Waals surface area contributed by atoms with E-state index in [1.165, 1.54) is 4.68 Å². The van der Waals surface area contributed by atoms with Crippen molar-refractivity contribution < 1.29 is 9.90 Å². The molecule has 0 amide bonds. The predicted octanol–water partition coefficient (Wildman–Crippen LogP) is -0.713. The highest BCUT2D eigenvalue weighted by molar-refractivity contribution is 5.72. The van der Waals surface area contributed by atoms with Crippen molar-refractivity contribution >= 4 is 5.97 Å². The summed E-state index contributed by atoms with van der Waals surface area (Å²) in [5.74, 6) is -0.314. The normalized spacial score (nSPS) is 17.5. The summed E-state index contributed by atoms with van der Waals surface area (Å²) in [6, 6.07) is -0.690. The molecular weight excluding hydrogens is 290 g/mol. The minimum Gasteiger partial charge on any atom is -0.480 e. The summed E-state index contributed by atoms with van der Waals surface area (Å²) in [7, 11) is 0. The van der Waals surface area contributed by atoms with Gasteiger partial charge in [0.2, 0.25) is 11.6 Å². The molecule has 2 aromatic heterocycles. The number of nitrogens with zero attached hydrogens (tertiary/aromatic N) is 8. The molecule has 1 fully saturated rings. The molecule has 1 aliphatic heterocycles. The maximum atomic E-state index is 11.4. The van der Waals surface area contributed by atoms with E-state index in [4.69, 9.17) is 0 Å². The van der Waals surface area contributed by atoms with E-state index >= 15 is 0 Å². The van der Waals surface area contributed by atoms with E-state index in [1.54, 1.807) is 11.6 Å². The molecule has 118 valence electrons. The Kier molecular flexibility index (Phi) is 4.04. The van der Waals surface area contributed by atoms with Crippen molar-refractivity contribution in [1.82, 2.24) is 45.7 Å². The molecule has 0 saturated carbocycles. The SMILES string of the molecule is CCC(C(=O)O)n1nnnc1-c1nnnn1C1CCNCC1. The van der Waals surface area contributed by atoms with E-state index in [0.717, 1.165) is 25.9 Å². The monoisotopic (exact) mass is 307 g/mol. The van der Waals surface area contributed by atoms with Gasteiger partial charge in [-0.05, 0) is 53.2 Å². The Bertz CT molecular complexity index is 646. The molecule has 1 atom stereocenters. The van der Waals surface area contributed by atoms with Crippen molar-refractivity contribution in [2.45, 2.75) is 38.3 Å². The van der Waals surface area contributed by atoms with E-state index in [0.29, 0.717) is 12.2 Å². The molecule has 1 unspecified atom stereocenters. The number of piperidine rings is 1. The van der Waals surface area contributed by atoms with Gasteiger partial charge in [0, 0.05) is 0 Å². The van der Waals surface area contributed by atoms with Crippen LogP contribution in [-0.2, 0) is 4.79 Å². The van der Waals surface area contributed by atoms with Gasteiger partial charge in [-0.1, -0.05) is 6.92 Å². The second-order valence-corrected chi connectivity index (χ2v) is 5.14. The molecule has 11 nitrogen and oxygen atoms in total. The number of carboxylic acid groups (broad SMARTS) is 1. The molecule has 2 aromatic rings. The molecular formula is C11H17N9O2. The maximum Gasteiger partial charge on any atom is 0.328 e. The van der Waals surface area contributed by atoms with Gasteiger partial charge in [0.25, 0.3) is 0 Å². The summed E-state index contributed by atoms with van der Waals surface area (Å²) in [6.45, 7) is 3.54. The van der Waals surface area contributed by atoms with Crippen LogP contribution in [0, 0.1) is 0 Å². The second kappa shape index (κ2) is 6.13. The first kappa shape index (κ1) is 14.5. The first-order valence-corrected chi connectivity index (χ1v) is 7.22. The van der Waals surface area contributed by atoms with Gasteiger partial charge in [0.05, 0.1) is 6.04 Å². The Hall–Kier alpha value is -2.43. The molecule has 3 rings (SSSR count). The van der Waals surface area contributed by atoms with Crippen LogP contribution in [0.15, 0.2) is 0 Å². The molecule has 0 aromatic carbocycles. The highest BCUT2D eigenvalue weighted by Crippen LogP contribution is 2.24. The van der Waals surface area contributed by atoms with Crippen LogP contribution in [0.25, 0.3) is 11.6 Å².